The number of fused-ring (bicyclic) bond motifs is 1. The molecule has 0 unspecified atom stereocenters. The minimum atomic E-state index is -1.20. The van der Waals surface area contributed by atoms with E-state index < -0.39 is 22.5 Å². The number of carbonyl (C=O) groups excluding carboxylic acids is 1. The third-order valence-corrected chi connectivity index (χ3v) is 6.22. The van der Waals surface area contributed by atoms with Crippen molar-refractivity contribution in [3.63, 3.8) is 0 Å². The van der Waals surface area contributed by atoms with Crippen LogP contribution in [0.15, 0.2) is 14.6 Å². The van der Waals surface area contributed by atoms with Crippen LogP contribution in [-0.4, -0.2) is 30.3 Å². The molecule has 3 rings (SSSR count). The lowest BCUT2D eigenvalue weighted by atomic mass is 10.1. The van der Waals surface area contributed by atoms with Gasteiger partial charge in [-0.2, -0.15) is 0 Å². The van der Waals surface area contributed by atoms with Crippen LogP contribution in [0.5, 0.6) is 0 Å². The number of carbonyl (C=O) groups is 1. The van der Waals surface area contributed by atoms with Gasteiger partial charge in [-0.25, -0.2) is 14.8 Å². The summed E-state index contributed by atoms with van der Waals surface area (Å²) in [5.74, 6) is -0.455. The molecule has 0 aromatic carbocycles. The first-order valence-electron chi connectivity index (χ1n) is 8.70. The van der Waals surface area contributed by atoms with Gasteiger partial charge in [0.2, 0.25) is 0 Å². The molecule has 0 N–H and O–H groups in total. The molecule has 0 bridgehead atoms. The zero-order valence-electron chi connectivity index (χ0n) is 15.0. The summed E-state index contributed by atoms with van der Waals surface area (Å²) in [5, 5.41) is 11.0. The minimum absolute atomic E-state index is 0.168. The Kier molecular flexibility index (Phi) is 5.17. The molecular weight excluding hydrogens is 356 g/mol. The fraction of sp³-hybridized carbons (Fsp3) is 0.588. The summed E-state index contributed by atoms with van der Waals surface area (Å²) >= 11 is 0.995. The van der Waals surface area contributed by atoms with Gasteiger partial charge in [-0.15, -0.1) is 0 Å². The van der Waals surface area contributed by atoms with Gasteiger partial charge in [-0.3, -0.25) is 13.9 Å². The highest BCUT2D eigenvalue weighted by molar-refractivity contribution is 8.00. The number of nitrogens with zero attached hydrogens (tertiary/aromatic N) is 4. The summed E-state index contributed by atoms with van der Waals surface area (Å²) in [7, 11) is 2.94. The summed E-state index contributed by atoms with van der Waals surface area (Å²) in [6.07, 6.45) is 4.41. The second-order valence-electron chi connectivity index (χ2n) is 6.61. The molecule has 0 aliphatic heterocycles. The van der Waals surface area contributed by atoms with Crippen molar-refractivity contribution in [2.75, 3.05) is 0 Å². The molecule has 9 heteroatoms. The Morgan fingerprint density at radius 2 is 1.88 bits per heavy atom. The van der Waals surface area contributed by atoms with Gasteiger partial charge < -0.3 is 9.90 Å². The number of hydrogen-bond donors (Lipinski definition) is 0. The molecule has 2 aromatic rings. The quantitative estimate of drug-likeness (QED) is 0.544. The van der Waals surface area contributed by atoms with Crippen LogP contribution in [0.2, 0.25) is 0 Å². The van der Waals surface area contributed by atoms with Crippen molar-refractivity contribution in [1.29, 1.82) is 0 Å². The number of rotatable bonds is 5. The average Bonchev–Trinajstić information content (AvgIpc) is 3.16. The van der Waals surface area contributed by atoms with Crippen molar-refractivity contribution in [2.24, 2.45) is 14.1 Å². The number of thioether (sulfide) groups is 1. The van der Waals surface area contributed by atoms with Gasteiger partial charge in [0, 0.05) is 20.0 Å². The number of carboxylic acid groups (broad SMARTS) is 1. The maximum atomic E-state index is 12.7. The van der Waals surface area contributed by atoms with Gasteiger partial charge in [0.15, 0.2) is 5.65 Å². The standard InChI is InChI=1S/C17H22N4O4S/c1-4-10(16(23)24)26-14-11-13(20(2)17(25)21(3)15(11)22)18-12(19-14)9-7-5-6-8-9/h9-10H,4-8H2,1-3H3,(H,23,24)/p-1/t10-/m0/s1. The molecule has 0 amide bonds. The van der Waals surface area contributed by atoms with Crippen molar-refractivity contribution in [3.05, 3.63) is 26.7 Å². The normalized spacial score (nSPS) is 16.3. The zero-order chi connectivity index (χ0) is 19.0. The fourth-order valence-electron chi connectivity index (χ4n) is 3.33. The van der Waals surface area contributed by atoms with E-state index in [9.17, 15) is 19.5 Å². The lowest BCUT2D eigenvalue weighted by molar-refractivity contribution is -0.304. The van der Waals surface area contributed by atoms with Gasteiger partial charge >= 0.3 is 5.69 Å². The Morgan fingerprint density at radius 3 is 2.46 bits per heavy atom. The van der Waals surface area contributed by atoms with E-state index in [-0.39, 0.29) is 17.0 Å². The molecular formula is C17H21N4O4S-. The van der Waals surface area contributed by atoms with Crippen LogP contribution in [-0.2, 0) is 18.9 Å². The van der Waals surface area contributed by atoms with Gasteiger partial charge in [0.25, 0.3) is 5.56 Å². The molecule has 8 nitrogen and oxygen atoms in total. The molecule has 0 spiro atoms. The minimum Gasteiger partial charge on any atom is -0.549 e. The van der Waals surface area contributed by atoms with E-state index in [1.54, 1.807) is 14.0 Å². The van der Waals surface area contributed by atoms with Crippen LogP contribution in [0.1, 0.15) is 50.8 Å². The third kappa shape index (κ3) is 3.15. The van der Waals surface area contributed by atoms with Crippen LogP contribution < -0.4 is 16.4 Å². The molecule has 1 saturated carbocycles. The number of carboxylic acids is 1. The lowest BCUT2D eigenvalue weighted by Crippen LogP contribution is -2.38. The van der Waals surface area contributed by atoms with Crippen molar-refractivity contribution < 1.29 is 9.90 Å². The maximum Gasteiger partial charge on any atom is 0.332 e. The van der Waals surface area contributed by atoms with E-state index in [1.165, 1.54) is 11.6 Å². The first-order chi connectivity index (χ1) is 12.3. The summed E-state index contributed by atoms with van der Waals surface area (Å²) in [6.45, 7) is 1.74. The predicted octanol–water partition coefficient (Wildman–Crippen LogP) is 0.305. The zero-order valence-corrected chi connectivity index (χ0v) is 15.8. The predicted molar refractivity (Wildman–Crippen MR) is 96.2 cm³/mol. The molecule has 1 fully saturated rings. The third-order valence-electron chi connectivity index (χ3n) is 4.89. The Balaban J connectivity index is 2.29. The summed E-state index contributed by atoms with van der Waals surface area (Å²) < 4.78 is 2.31. The Hall–Kier alpha value is -2.16. The Bertz CT molecular complexity index is 975. The van der Waals surface area contributed by atoms with Crippen molar-refractivity contribution in [2.45, 2.75) is 55.2 Å². The van der Waals surface area contributed by atoms with Crippen LogP contribution >= 0.6 is 11.8 Å². The average molecular weight is 377 g/mol. The van der Waals surface area contributed by atoms with E-state index in [0.29, 0.717) is 17.3 Å². The van der Waals surface area contributed by atoms with Crippen LogP contribution in [0.3, 0.4) is 0 Å². The molecule has 2 heterocycles. The highest BCUT2D eigenvalue weighted by atomic mass is 32.2. The highest BCUT2D eigenvalue weighted by Crippen LogP contribution is 2.35. The first-order valence-corrected chi connectivity index (χ1v) is 9.58. The van der Waals surface area contributed by atoms with Crippen LogP contribution in [0.4, 0.5) is 0 Å². The van der Waals surface area contributed by atoms with Crippen molar-refractivity contribution >= 4 is 28.8 Å². The van der Waals surface area contributed by atoms with Crippen LogP contribution in [0.25, 0.3) is 11.0 Å². The van der Waals surface area contributed by atoms with Crippen LogP contribution in [0, 0.1) is 0 Å². The Labute approximate surface area is 154 Å². The molecule has 26 heavy (non-hydrogen) atoms. The Morgan fingerprint density at radius 1 is 1.23 bits per heavy atom. The van der Waals surface area contributed by atoms with E-state index in [4.69, 9.17) is 0 Å². The number of hydrogen-bond acceptors (Lipinski definition) is 7. The number of aliphatic carboxylic acids is 1. The molecule has 0 saturated heterocycles. The topological polar surface area (TPSA) is 110 Å². The molecule has 1 aliphatic rings. The van der Waals surface area contributed by atoms with Gasteiger partial charge in [-0.05, 0) is 19.3 Å². The molecule has 2 aromatic heterocycles. The summed E-state index contributed by atoms with van der Waals surface area (Å²) in [6, 6.07) is 0. The highest BCUT2D eigenvalue weighted by Gasteiger charge is 2.25. The number of aryl methyl sites for hydroxylation is 1. The van der Waals surface area contributed by atoms with E-state index >= 15 is 0 Å². The summed E-state index contributed by atoms with van der Waals surface area (Å²) in [5.41, 5.74) is -0.732. The smallest absolute Gasteiger partial charge is 0.332 e. The van der Waals surface area contributed by atoms with Gasteiger partial charge in [0.05, 0.1) is 11.2 Å². The molecule has 0 radical (unpaired) electrons. The number of aromatic nitrogens is 4. The molecule has 140 valence electrons. The van der Waals surface area contributed by atoms with Gasteiger partial charge in [-0.1, -0.05) is 31.5 Å². The second kappa shape index (κ2) is 7.22. The second-order valence-corrected chi connectivity index (χ2v) is 7.80. The molecule has 1 aliphatic carbocycles. The van der Waals surface area contributed by atoms with E-state index in [1.807, 2.05) is 0 Å². The molecule has 1 atom stereocenters. The fourth-order valence-corrected chi connectivity index (χ4v) is 4.30. The van der Waals surface area contributed by atoms with E-state index in [0.717, 1.165) is 42.0 Å². The maximum absolute atomic E-state index is 12.7. The first kappa shape index (κ1) is 18.6. The van der Waals surface area contributed by atoms with E-state index in [2.05, 4.69) is 9.97 Å². The van der Waals surface area contributed by atoms with Crippen molar-refractivity contribution in [3.8, 4) is 0 Å². The summed E-state index contributed by atoms with van der Waals surface area (Å²) in [4.78, 5) is 45.4. The lowest BCUT2D eigenvalue weighted by Gasteiger charge is -2.18. The van der Waals surface area contributed by atoms with Crippen molar-refractivity contribution in [1.82, 2.24) is 19.1 Å². The SMILES string of the molecule is CC[C@H](Sc1nc(C2CCCC2)nc2c1c(=O)n(C)c(=O)n2C)C(=O)[O-]. The van der Waals surface area contributed by atoms with Gasteiger partial charge in [0.1, 0.15) is 16.2 Å². The monoisotopic (exact) mass is 377 g/mol. The largest absolute Gasteiger partial charge is 0.549 e.